The fourth-order valence-electron chi connectivity index (χ4n) is 2.21. The molecule has 1 aromatic heterocycles. The molecule has 0 saturated carbocycles. The second kappa shape index (κ2) is 5.14. The number of aromatic amines is 1. The van der Waals surface area contributed by atoms with Crippen LogP contribution in [0.1, 0.15) is 16.7 Å². The lowest BCUT2D eigenvalue weighted by molar-refractivity contribution is 0.457. The summed E-state index contributed by atoms with van der Waals surface area (Å²) in [5.74, 6) is 0.105. The molecular weight excluding hydrogens is 262 g/mol. The minimum atomic E-state index is 0.105. The molecule has 2 N–H and O–H groups in total. The van der Waals surface area contributed by atoms with Gasteiger partial charge in [-0.1, -0.05) is 12.1 Å². The van der Waals surface area contributed by atoms with Crippen LogP contribution in [0.3, 0.4) is 0 Å². The van der Waals surface area contributed by atoms with E-state index < -0.39 is 0 Å². The molecule has 0 aliphatic heterocycles. The predicted molar refractivity (Wildman–Crippen MR) is 83.1 cm³/mol. The SMILES string of the molecule is Cc1ccc2c(C=Nc3ccc(C#N)cc3)c(O)[nH]c2c1. The first kappa shape index (κ1) is 12.9. The lowest BCUT2D eigenvalue weighted by atomic mass is 10.1. The average molecular weight is 275 g/mol. The number of rotatable bonds is 2. The largest absolute Gasteiger partial charge is 0.494 e. The van der Waals surface area contributed by atoms with E-state index >= 15 is 0 Å². The van der Waals surface area contributed by atoms with Gasteiger partial charge in [-0.15, -0.1) is 0 Å². The van der Waals surface area contributed by atoms with Crippen molar-refractivity contribution in [2.45, 2.75) is 6.92 Å². The van der Waals surface area contributed by atoms with Crippen molar-refractivity contribution in [3.05, 3.63) is 59.2 Å². The second-order valence-corrected chi connectivity index (χ2v) is 4.85. The molecule has 0 aliphatic carbocycles. The fraction of sp³-hybridized carbons (Fsp3) is 0.0588. The molecule has 0 fully saturated rings. The highest BCUT2D eigenvalue weighted by atomic mass is 16.3. The Kier molecular flexibility index (Phi) is 3.17. The molecule has 4 heteroatoms. The third-order valence-electron chi connectivity index (χ3n) is 3.31. The van der Waals surface area contributed by atoms with Crippen LogP contribution in [0.2, 0.25) is 0 Å². The van der Waals surface area contributed by atoms with E-state index in [0.29, 0.717) is 11.1 Å². The molecule has 0 unspecified atom stereocenters. The highest BCUT2D eigenvalue weighted by Crippen LogP contribution is 2.27. The van der Waals surface area contributed by atoms with E-state index in [1.807, 2.05) is 25.1 Å². The maximum Gasteiger partial charge on any atom is 0.198 e. The van der Waals surface area contributed by atoms with Gasteiger partial charge < -0.3 is 10.1 Å². The standard InChI is InChI=1S/C17H13N3O/c1-11-2-7-14-15(17(21)20-16(14)8-11)10-19-13-5-3-12(9-18)4-6-13/h2-8,10,20-21H,1H3. The normalized spacial score (nSPS) is 11.0. The predicted octanol–water partition coefficient (Wildman–Crippen LogP) is 3.80. The number of aliphatic imine (C=N–C) groups is 1. The van der Waals surface area contributed by atoms with Crippen LogP contribution >= 0.6 is 0 Å². The van der Waals surface area contributed by atoms with Crippen LogP contribution in [0.25, 0.3) is 10.9 Å². The number of aryl methyl sites for hydroxylation is 1. The highest BCUT2D eigenvalue weighted by molar-refractivity contribution is 6.02. The number of nitriles is 1. The van der Waals surface area contributed by atoms with E-state index in [1.54, 1.807) is 30.5 Å². The quantitative estimate of drug-likeness (QED) is 0.698. The van der Waals surface area contributed by atoms with Gasteiger partial charge in [0.05, 0.1) is 22.9 Å². The Morgan fingerprint density at radius 3 is 2.67 bits per heavy atom. The van der Waals surface area contributed by atoms with Crippen LogP contribution in [-0.4, -0.2) is 16.3 Å². The number of hydrogen-bond acceptors (Lipinski definition) is 3. The van der Waals surface area contributed by atoms with Crippen molar-refractivity contribution in [3.8, 4) is 11.9 Å². The van der Waals surface area contributed by atoms with Gasteiger partial charge in [0.1, 0.15) is 0 Å². The molecule has 0 bridgehead atoms. The molecule has 0 atom stereocenters. The smallest absolute Gasteiger partial charge is 0.198 e. The molecule has 2 aromatic carbocycles. The van der Waals surface area contributed by atoms with Crippen molar-refractivity contribution in [1.82, 2.24) is 4.98 Å². The van der Waals surface area contributed by atoms with Crippen molar-refractivity contribution in [2.24, 2.45) is 4.99 Å². The molecule has 1 heterocycles. The molecule has 0 spiro atoms. The van der Waals surface area contributed by atoms with Gasteiger partial charge in [-0.3, -0.25) is 4.99 Å². The molecule has 21 heavy (non-hydrogen) atoms. The number of aromatic hydroxyl groups is 1. The summed E-state index contributed by atoms with van der Waals surface area (Å²) in [4.78, 5) is 7.29. The Morgan fingerprint density at radius 2 is 1.95 bits per heavy atom. The molecule has 0 saturated heterocycles. The van der Waals surface area contributed by atoms with Crippen molar-refractivity contribution in [1.29, 1.82) is 5.26 Å². The molecule has 3 rings (SSSR count). The molecule has 3 aromatic rings. The Labute approximate surface area is 122 Å². The van der Waals surface area contributed by atoms with Crippen molar-refractivity contribution in [2.75, 3.05) is 0 Å². The summed E-state index contributed by atoms with van der Waals surface area (Å²) in [6.07, 6.45) is 1.63. The molecule has 102 valence electrons. The molecule has 0 aliphatic rings. The van der Waals surface area contributed by atoms with Crippen molar-refractivity contribution >= 4 is 22.8 Å². The van der Waals surface area contributed by atoms with Crippen LogP contribution in [0, 0.1) is 18.3 Å². The first-order chi connectivity index (χ1) is 10.2. The average Bonchev–Trinajstić information content (AvgIpc) is 2.80. The van der Waals surface area contributed by atoms with Gasteiger partial charge in [0, 0.05) is 17.1 Å². The van der Waals surface area contributed by atoms with E-state index in [9.17, 15) is 5.11 Å². The zero-order valence-corrected chi connectivity index (χ0v) is 11.5. The van der Waals surface area contributed by atoms with Gasteiger partial charge in [-0.2, -0.15) is 5.26 Å². The number of fused-ring (bicyclic) bond motifs is 1. The maximum absolute atomic E-state index is 10.00. The van der Waals surface area contributed by atoms with E-state index in [4.69, 9.17) is 5.26 Å². The monoisotopic (exact) mass is 275 g/mol. The Balaban J connectivity index is 1.99. The first-order valence-corrected chi connectivity index (χ1v) is 6.53. The lowest BCUT2D eigenvalue weighted by Gasteiger charge is -1.95. The lowest BCUT2D eigenvalue weighted by Crippen LogP contribution is -1.80. The van der Waals surface area contributed by atoms with E-state index in [0.717, 1.165) is 22.2 Å². The number of hydrogen-bond donors (Lipinski definition) is 2. The van der Waals surface area contributed by atoms with Crippen LogP contribution in [-0.2, 0) is 0 Å². The van der Waals surface area contributed by atoms with E-state index in [2.05, 4.69) is 16.0 Å². The Bertz CT molecular complexity index is 867. The zero-order chi connectivity index (χ0) is 14.8. The van der Waals surface area contributed by atoms with Gasteiger partial charge in [0.15, 0.2) is 5.88 Å². The molecule has 0 amide bonds. The van der Waals surface area contributed by atoms with Crippen LogP contribution in [0.15, 0.2) is 47.5 Å². The number of nitrogens with one attached hydrogen (secondary N) is 1. The number of nitrogens with zero attached hydrogens (tertiary/aromatic N) is 2. The summed E-state index contributed by atoms with van der Waals surface area (Å²) < 4.78 is 0. The molecule has 4 nitrogen and oxygen atoms in total. The molecule has 0 radical (unpaired) electrons. The fourth-order valence-corrected chi connectivity index (χ4v) is 2.21. The first-order valence-electron chi connectivity index (χ1n) is 6.53. The summed E-state index contributed by atoms with van der Waals surface area (Å²) in [5.41, 5.74) is 4.00. The Morgan fingerprint density at radius 1 is 1.19 bits per heavy atom. The third-order valence-corrected chi connectivity index (χ3v) is 3.31. The summed E-state index contributed by atoms with van der Waals surface area (Å²) in [6, 6.07) is 15.0. The van der Waals surface area contributed by atoms with Gasteiger partial charge in [-0.05, 0) is 42.8 Å². The van der Waals surface area contributed by atoms with E-state index in [1.165, 1.54) is 0 Å². The highest BCUT2D eigenvalue weighted by Gasteiger charge is 2.08. The zero-order valence-electron chi connectivity index (χ0n) is 11.5. The number of H-pyrrole nitrogens is 1. The van der Waals surface area contributed by atoms with Crippen LogP contribution in [0.4, 0.5) is 5.69 Å². The Hall–Kier alpha value is -3.06. The van der Waals surface area contributed by atoms with Gasteiger partial charge in [-0.25, -0.2) is 0 Å². The van der Waals surface area contributed by atoms with Crippen LogP contribution < -0.4 is 0 Å². The minimum Gasteiger partial charge on any atom is -0.494 e. The molecular formula is C17H13N3O. The van der Waals surface area contributed by atoms with Crippen molar-refractivity contribution < 1.29 is 5.11 Å². The topological polar surface area (TPSA) is 72.2 Å². The number of benzene rings is 2. The van der Waals surface area contributed by atoms with Crippen molar-refractivity contribution in [3.63, 3.8) is 0 Å². The van der Waals surface area contributed by atoms with Crippen LogP contribution in [0.5, 0.6) is 5.88 Å². The maximum atomic E-state index is 10.00. The summed E-state index contributed by atoms with van der Waals surface area (Å²) in [7, 11) is 0. The minimum absolute atomic E-state index is 0.105. The summed E-state index contributed by atoms with van der Waals surface area (Å²) in [6.45, 7) is 2.00. The second-order valence-electron chi connectivity index (χ2n) is 4.85. The summed E-state index contributed by atoms with van der Waals surface area (Å²) >= 11 is 0. The van der Waals surface area contributed by atoms with Gasteiger partial charge >= 0.3 is 0 Å². The third kappa shape index (κ3) is 2.49. The van der Waals surface area contributed by atoms with E-state index in [-0.39, 0.29) is 5.88 Å². The number of aromatic nitrogens is 1. The summed E-state index contributed by atoms with van der Waals surface area (Å²) in [5, 5.41) is 19.7. The van der Waals surface area contributed by atoms with Gasteiger partial charge in [0.2, 0.25) is 0 Å². The van der Waals surface area contributed by atoms with Gasteiger partial charge in [0.25, 0.3) is 0 Å².